The molecule has 0 aromatic heterocycles. The van der Waals surface area contributed by atoms with Crippen molar-refractivity contribution in [3.63, 3.8) is 0 Å². The maximum absolute atomic E-state index is 13.6. The Bertz CT molecular complexity index is 1410. The second kappa shape index (κ2) is 9.91. The zero-order chi connectivity index (χ0) is 26.2. The van der Waals surface area contributed by atoms with Gasteiger partial charge in [0.15, 0.2) is 6.10 Å². The average Bonchev–Trinajstić information content (AvgIpc) is 2.92. The number of hydrogen-bond donors (Lipinski definition) is 1. The van der Waals surface area contributed by atoms with Gasteiger partial charge in [0.05, 0.1) is 23.2 Å². The van der Waals surface area contributed by atoms with Crippen molar-refractivity contribution in [1.82, 2.24) is 5.32 Å². The molecule has 0 radical (unpaired) electrons. The molecule has 37 heavy (non-hydrogen) atoms. The maximum Gasteiger partial charge on any atom is 0.264 e. The van der Waals surface area contributed by atoms with Crippen LogP contribution in [-0.4, -0.2) is 32.6 Å². The van der Waals surface area contributed by atoms with Crippen molar-refractivity contribution in [2.24, 2.45) is 0 Å². The van der Waals surface area contributed by atoms with Crippen molar-refractivity contribution in [1.29, 1.82) is 0 Å². The van der Waals surface area contributed by atoms with E-state index in [4.69, 9.17) is 21.1 Å². The molecule has 5 rings (SSSR count). The van der Waals surface area contributed by atoms with E-state index in [0.29, 0.717) is 22.9 Å². The van der Waals surface area contributed by atoms with E-state index in [1.807, 2.05) is 24.3 Å². The lowest BCUT2D eigenvalue weighted by Crippen LogP contribution is -2.52. The first-order valence-electron chi connectivity index (χ1n) is 12.4. The number of benzene rings is 3. The Balaban J connectivity index is 1.45. The summed E-state index contributed by atoms with van der Waals surface area (Å²) in [7, 11) is -3.97. The first-order chi connectivity index (χ1) is 17.8. The molecule has 1 amide bonds. The fourth-order valence-corrected chi connectivity index (χ4v) is 6.60. The molecule has 2 atom stereocenters. The number of anilines is 1. The van der Waals surface area contributed by atoms with Crippen LogP contribution in [0.4, 0.5) is 5.69 Å². The SMILES string of the molecule is CCC1(CC)C[C@@H](NC(=O)[C@H]2CN(S(=O)(=O)c3ccc(Cl)cc3)c3ccccc3O2)c2ccccc2O1. The summed E-state index contributed by atoms with van der Waals surface area (Å²) in [5.74, 6) is 0.702. The Hall–Kier alpha value is -3.23. The summed E-state index contributed by atoms with van der Waals surface area (Å²) in [5, 5.41) is 3.57. The smallest absolute Gasteiger partial charge is 0.264 e. The summed E-state index contributed by atoms with van der Waals surface area (Å²) in [4.78, 5) is 13.7. The fourth-order valence-electron chi connectivity index (χ4n) is 4.99. The number of nitrogens with one attached hydrogen (secondary N) is 1. The summed E-state index contributed by atoms with van der Waals surface area (Å²) in [6, 6.07) is 20.2. The van der Waals surface area contributed by atoms with E-state index in [1.165, 1.54) is 28.6 Å². The highest BCUT2D eigenvalue weighted by molar-refractivity contribution is 7.92. The lowest BCUT2D eigenvalue weighted by atomic mass is 9.83. The van der Waals surface area contributed by atoms with Gasteiger partial charge in [-0.3, -0.25) is 9.10 Å². The Morgan fingerprint density at radius 1 is 1.00 bits per heavy atom. The van der Waals surface area contributed by atoms with Crippen molar-refractivity contribution < 1.29 is 22.7 Å². The first kappa shape index (κ1) is 25.4. The predicted molar refractivity (Wildman–Crippen MR) is 143 cm³/mol. The van der Waals surface area contributed by atoms with Gasteiger partial charge in [-0.05, 0) is 55.3 Å². The number of carbonyl (C=O) groups excluding carboxylic acids is 1. The monoisotopic (exact) mass is 540 g/mol. The van der Waals surface area contributed by atoms with Crippen LogP contribution in [0, 0.1) is 0 Å². The summed E-state index contributed by atoms with van der Waals surface area (Å²) in [6.45, 7) is 4.00. The molecule has 0 spiro atoms. The molecule has 0 saturated carbocycles. The molecule has 2 aliphatic rings. The van der Waals surface area contributed by atoms with E-state index >= 15 is 0 Å². The van der Waals surface area contributed by atoms with Crippen LogP contribution in [0.25, 0.3) is 0 Å². The number of hydrogen-bond acceptors (Lipinski definition) is 5. The van der Waals surface area contributed by atoms with Crippen LogP contribution in [0.1, 0.15) is 44.7 Å². The van der Waals surface area contributed by atoms with Crippen LogP contribution in [-0.2, 0) is 14.8 Å². The van der Waals surface area contributed by atoms with E-state index in [2.05, 4.69) is 19.2 Å². The summed E-state index contributed by atoms with van der Waals surface area (Å²) in [6.07, 6.45) is 1.17. The summed E-state index contributed by atoms with van der Waals surface area (Å²) >= 11 is 5.97. The number of sulfonamides is 1. The number of rotatable bonds is 6. The topological polar surface area (TPSA) is 84.9 Å². The van der Waals surface area contributed by atoms with Crippen LogP contribution in [0.3, 0.4) is 0 Å². The van der Waals surface area contributed by atoms with Crippen molar-refractivity contribution in [3.8, 4) is 11.5 Å². The number of carbonyl (C=O) groups is 1. The highest BCUT2D eigenvalue weighted by Gasteiger charge is 2.42. The molecular weight excluding hydrogens is 512 g/mol. The fraction of sp³-hybridized carbons (Fsp3) is 0.321. The van der Waals surface area contributed by atoms with E-state index in [9.17, 15) is 13.2 Å². The van der Waals surface area contributed by atoms with Gasteiger partial charge in [0.2, 0.25) is 0 Å². The molecule has 2 heterocycles. The Kier molecular flexibility index (Phi) is 6.81. The number of para-hydroxylation sites is 3. The number of fused-ring (bicyclic) bond motifs is 2. The van der Waals surface area contributed by atoms with Crippen LogP contribution < -0.4 is 19.1 Å². The molecule has 7 nitrogen and oxygen atoms in total. The zero-order valence-electron chi connectivity index (χ0n) is 20.7. The molecule has 0 bridgehead atoms. The molecule has 0 aliphatic carbocycles. The lowest BCUT2D eigenvalue weighted by Gasteiger charge is -2.42. The molecule has 2 aliphatic heterocycles. The van der Waals surface area contributed by atoms with Crippen LogP contribution in [0.2, 0.25) is 5.02 Å². The second-order valence-electron chi connectivity index (χ2n) is 9.36. The normalized spacial score (nSPS) is 20.1. The maximum atomic E-state index is 13.6. The standard InChI is InChI=1S/C28H29ClN2O5S/c1-3-28(4-2)17-22(21-9-5-7-11-24(21)36-28)30-27(32)26-18-31(23-10-6-8-12-25(23)35-26)37(33,34)20-15-13-19(29)14-16-20/h5-16,22,26H,3-4,17-18H2,1-2H3,(H,30,32)/t22-,26-/m1/s1. The van der Waals surface area contributed by atoms with Crippen molar-refractivity contribution in [2.45, 2.75) is 55.8 Å². The van der Waals surface area contributed by atoms with Gasteiger partial charge in [-0.1, -0.05) is 55.8 Å². The van der Waals surface area contributed by atoms with Crippen LogP contribution in [0.5, 0.6) is 11.5 Å². The Morgan fingerprint density at radius 2 is 1.65 bits per heavy atom. The third-order valence-corrected chi connectivity index (χ3v) is 9.28. The van der Waals surface area contributed by atoms with Gasteiger partial charge < -0.3 is 14.8 Å². The quantitative estimate of drug-likeness (QED) is 0.446. The van der Waals surface area contributed by atoms with Crippen LogP contribution in [0.15, 0.2) is 77.7 Å². The molecule has 0 fully saturated rings. The van der Waals surface area contributed by atoms with E-state index in [0.717, 1.165) is 24.2 Å². The van der Waals surface area contributed by atoms with Gasteiger partial charge in [0.1, 0.15) is 17.1 Å². The van der Waals surface area contributed by atoms with Crippen molar-refractivity contribution in [3.05, 3.63) is 83.4 Å². The molecule has 3 aromatic carbocycles. The van der Waals surface area contributed by atoms with Gasteiger partial charge in [0, 0.05) is 17.0 Å². The average molecular weight is 541 g/mol. The summed E-state index contributed by atoms with van der Waals surface area (Å²) < 4.78 is 40.9. The molecule has 3 aromatic rings. The van der Waals surface area contributed by atoms with E-state index in [-0.39, 0.29) is 23.4 Å². The second-order valence-corrected chi connectivity index (χ2v) is 11.7. The molecule has 1 N–H and O–H groups in total. The molecule has 9 heteroatoms. The van der Waals surface area contributed by atoms with Crippen LogP contribution >= 0.6 is 11.6 Å². The summed E-state index contributed by atoms with van der Waals surface area (Å²) in [5.41, 5.74) is 0.889. The minimum atomic E-state index is -3.97. The Morgan fingerprint density at radius 3 is 2.35 bits per heavy atom. The molecule has 194 valence electrons. The zero-order valence-corrected chi connectivity index (χ0v) is 22.3. The Labute approximate surface area is 222 Å². The van der Waals surface area contributed by atoms with Gasteiger partial charge in [0.25, 0.3) is 15.9 Å². The number of nitrogens with zero attached hydrogens (tertiary/aromatic N) is 1. The highest BCUT2D eigenvalue weighted by atomic mass is 35.5. The lowest BCUT2D eigenvalue weighted by molar-refractivity contribution is -0.129. The van der Waals surface area contributed by atoms with E-state index < -0.39 is 21.7 Å². The minimum Gasteiger partial charge on any atom is -0.487 e. The number of ether oxygens (including phenoxy) is 2. The largest absolute Gasteiger partial charge is 0.487 e. The third kappa shape index (κ3) is 4.76. The third-order valence-electron chi connectivity index (χ3n) is 7.23. The van der Waals surface area contributed by atoms with Gasteiger partial charge in [-0.15, -0.1) is 0 Å². The minimum absolute atomic E-state index is 0.0850. The predicted octanol–water partition coefficient (Wildman–Crippen LogP) is 5.50. The van der Waals surface area contributed by atoms with Gasteiger partial charge in [-0.25, -0.2) is 8.42 Å². The highest BCUT2D eigenvalue weighted by Crippen LogP contribution is 2.43. The first-order valence-corrected chi connectivity index (χ1v) is 14.2. The van der Waals surface area contributed by atoms with Crippen molar-refractivity contribution >= 4 is 33.2 Å². The van der Waals surface area contributed by atoms with Gasteiger partial charge in [-0.2, -0.15) is 0 Å². The number of halogens is 1. The molecule has 0 saturated heterocycles. The molecule has 0 unspecified atom stereocenters. The number of amides is 1. The van der Waals surface area contributed by atoms with E-state index in [1.54, 1.807) is 24.3 Å². The van der Waals surface area contributed by atoms with Crippen molar-refractivity contribution in [2.75, 3.05) is 10.8 Å². The van der Waals surface area contributed by atoms with Gasteiger partial charge >= 0.3 is 0 Å². The molecular formula is C28H29ClN2O5S.